The van der Waals surface area contributed by atoms with Crippen LogP contribution in [-0.4, -0.2) is 21.8 Å². The molecule has 86 valence electrons. The van der Waals surface area contributed by atoms with E-state index in [1.54, 1.807) is 0 Å². The molecule has 2 rings (SSSR count). The zero-order valence-corrected chi connectivity index (χ0v) is 10.3. The van der Waals surface area contributed by atoms with Gasteiger partial charge in [0.25, 0.3) is 0 Å². The van der Waals surface area contributed by atoms with E-state index in [1.165, 1.54) is 0 Å². The van der Waals surface area contributed by atoms with Crippen molar-refractivity contribution >= 4 is 21.9 Å². The number of aliphatic carboxylic acids is 1. The molecule has 0 heterocycles. The normalized spacial score (nSPS) is 28.5. The maximum absolute atomic E-state index is 10.6. The van der Waals surface area contributed by atoms with Gasteiger partial charge in [0.1, 0.15) is 0 Å². The predicted octanol–water partition coefficient (Wildman–Crippen LogP) is 2.22. The Morgan fingerprint density at radius 2 is 1.94 bits per heavy atom. The molecule has 1 fully saturated rings. The molecule has 0 spiro atoms. The predicted molar refractivity (Wildman–Crippen MR) is 63.2 cm³/mol. The molecular weight excluding hydrogens is 272 g/mol. The first-order valence-corrected chi connectivity index (χ1v) is 5.97. The first kappa shape index (κ1) is 11.6. The summed E-state index contributed by atoms with van der Waals surface area (Å²) in [7, 11) is 0. The fourth-order valence-corrected chi connectivity index (χ4v) is 2.42. The van der Waals surface area contributed by atoms with Gasteiger partial charge in [0.15, 0.2) is 0 Å². The van der Waals surface area contributed by atoms with Crippen molar-refractivity contribution in [2.24, 2.45) is 5.92 Å². The fourth-order valence-electron chi connectivity index (χ4n) is 2.16. The largest absolute Gasteiger partial charge is 0.481 e. The Hall–Kier alpha value is -0.870. The standard InChI is InChI=1S/C12H13BrO3/c13-10-3-1-8(2-4-10)5-12(16)6-9(7-12)11(14)15/h1-4,9,16H,5-7H2,(H,14,15). The smallest absolute Gasteiger partial charge is 0.306 e. The lowest BCUT2D eigenvalue weighted by atomic mass is 9.68. The Morgan fingerprint density at radius 1 is 1.38 bits per heavy atom. The van der Waals surface area contributed by atoms with Gasteiger partial charge in [0.05, 0.1) is 11.5 Å². The van der Waals surface area contributed by atoms with Gasteiger partial charge in [-0.15, -0.1) is 0 Å². The number of carboxylic acids is 1. The van der Waals surface area contributed by atoms with Crippen molar-refractivity contribution in [1.82, 2.24) is 0 Å². The molecule has 0 aromatic heterocycles. The molecule has 16 heavy (non-hydrogen) atoms. The van der Waals surface area contributed by atoms with Crippen molar-refractivity contribution in [3.05, 3.63) is 34.3 Å². The molecular formula is C12H13BrO3. The molecule has 0 radical (unpaired) electrons. The van der Waals surface area contributed by atoms with Crippen LogP contribution in [0.3, 0.4) is 0 Å². The highest BCUT2D eigenvalue weighted by Gasteiger charge is 2.46. The molecule has 0 unspecified atom stereocenters. The van der Waals surface area contributed by atoms with Crippen molar-refractivity contribution in [2.75, 3.05) is 0 Å². The third-order valence-corrected chi connectivity index (χ3v) is 3.58. The van der Waals surface area contributed by atoms with Crippen LogP contribution in [0.5, 0.6) is 0 Å². The molecule has 0 aliphatic heterocycles. The lowest BCUT2D eigenvalue weighted by Gasteiger charge is -2.41. The first-order chi connectivity index (χ1) is 7.48. The van der Waals surface area contributed by atoms with Crippen LogP contribution in [0.2, 0.25) is 0 Å². The molecule has 1 aromatic carbocycles. The Morgan fingerprint density at radius 3 is 2.44 bits per heavy atom. The van der Waals surface area contributed by atoms with E-state index in [2.05, 4.69) is 15.9 Å². The maximum Gasteiger partial charge on any atom is 0.306 e. The van der Waals surface area contributed by atoms with E-state index in [0.29, 0.717) is 19.3 Å². The Labute approximate surface area is 102 Å². The van der Waals surface area contributed by atoms with E-state index in [0.717, 1.165) is 10.0 Å². The second-order valence-electron chi connectivity index (χ2n) is 4.47. The average Bonchev–Trinajstić information content (AvgIpc) is 2.17. The van der Waals surface area contributed by atoms with Crippen molar-refractivity contribution < 1.29 is 15.0 Å². The number of halogens is 1. The molecule has 0 bridgehead atoms. The number of carboxylic acid groups (broad SMARTS) is 1. The van der Waals surface area contributed by atoms with E-state index in [-0.39, 0.29) is 5.92 Å². The van der Waals surface area contributed by atoms with Crippen molar-refractivity contribution in [3.8, 4) is 0 Å². The SMILES string of the molecule is O=C(O)C1CC(O)(Cc2ccc(Br)cc2)C1. The van der Waals surface area contributed by atoms with Crippen LogP contribution in [0.4, 0.5) is 0 Å². The molecule has 0 amide bonds. The minimum Gasteiger partial charge on any atom is -0.481 e. The summed E-state index contributed by atoms with van der Waals surface area (Å²) in [6, 6.07) is 7.73. The van der Waals surface area contributed by atoms with E-state index in [1.807, 2.05) is 24.3 Å². The highest BCUT2D eigenvalue weighted by atomic mass is 79.9. The quantitative estimate of drug-likeness (QED) is 0.895. The van der Waals surface area contributed by atoms with Crippen molar-refractivity contribution in [3.63, 3.8) is 0 Å². The summed E-state index contributed by atoms with van der Waals surface area (Å²) in [6.07, 6.45) is 1.25. The van der Waals surface area contributed by atoms with Gasteiger partial charge in [0.2, 0.25) is 0 Å². The third-order valence-electron chi connectivity index (χ3n) is 3.05. The number of benzene rings is 1. The second kappa shape index (κ2) is 4.18. The number of rotatable bonds is 3. The summed E-state index contributed by atoms with van der Waals surface area (Å²) < 4.78 is 1.00. The van der Waals surface area contributed by atoms with Crippen LogP contribution >= 0.6 is 15.9 Å². The molecule has 1 aliphatic carbocycles. The Kier molecular flexibility index (Phi) is 3.04. The fraction of sp³-hybridized carbons (Fsp3) is 0.417. The number of hydrogen-bond acceptors (Lipinski definition) is 2. The van der Waals surface area contributed by atoms with Crippen LogP contribution in [0.25, 0.3) is 0 Å². The topological polar surface area (TPSA) is 57.5 Å². The van der Waals surface area contributed by atoms with Crippen molar-refractivity contribution in [1.29, 1.82) is 0 Å². The molecule has 0 saturated heterocycles. The minimum atomic E-state index is -0.823. The van der Waals surface area contributed by atoms with Gasteiger partial charge < -0.3 is 10.2 Å². The molecule has 4 heteroatoms. The minimum absolute atomic E-state index is 0.360. The Balaban J connectivity index is 1.96. The lowest BCUT2D eigenvalue weighted by molar-refractivity contribution is -0.158. The summed E-state index contributed by atoms with van der Waals surface area (Å²) in [6.45, 7) is 0. The molecule has 1 saturated carbocycles. The number of carbonyl (C=O) groups is 1. The van der Waals surface area contributed by atoms with E-state index < -0.39 is 11.6 Å². The second-order valence-corrected chi connectivity index (χ2v) is 5.39. The summed E-state index contributed by atoms with van der Waals surface area (Å²) in [4.78, 5) is 10.6. The monoisotopic (exact) mass is 284 g/mol. The summed E-state index contributed by atoms with van der Waals surface area (Å²) in [5.74, 6) is -1.18. The third kappa shape index (κ3) is 2.44. The summed E-state index contributed by atoms with van der Waals surface area (Å²) >= 11 is 3.34. The molecule has 1 aromatic rings. The van der Waals surface area contributed by atoms with Gasteiger partial charge >= 0.3 is 5.97 Å². The van der Waals surface area contributed by atoms with Gasteiger partial charge in [-0.25, -0.2) is 0 Å². The zero-order valence-electron chi connectivity index (χ0n) is 8.69. The van der Waals surface area contributed by atoms with Crippen LogP contribution < -0.4 is 0 Å². The number of hydrogen-bond donors (Lipinski definition) is 2. The van der Waals surface area contributed by atoms with Gasteiger partial charge in [0, 0.05) is 10.9 Å². The van der Waals surface area contributed by atoms with Crippen molar-refractivity contribution in [2.45, 2.75) is 24.9 Å². The molecule has 1 aliphatic rings. The summed E-state index contributed by atoms with van der Waals surface area (Å²) in [5.41, 5.74) is 0.214. The molecule has 3 nitrogen and oxygen atoms in total. The highest BCUT2D eigenvalue weighted by Crippen LogP contribution is 2.40. The molecule has 2 N–H and O–H groups in total. The lowest BCUT2D eigenvalue weighted by Crippen LogP contribution is -2.48. The van der Waals surface area contributed by atoms with Crippen LogP contribution in [0, 0.1) is 5.92 Å². The Bertz CT molecular complexity index is 393. The zero-order chi connectivity index (χ0) is 11.8. The summed E-state index contributed by atoms with van der Waals surface area (Å²) in [5, 5.41) is 18.8. The van der Waals surface area contributed by atoms with Gasteiger partial charge in [-0.2, -0.15) is 0 Å². The number of aliphatic hydroxyl groups is 1. The van der Waals surface area contributed by atoms with Gasteiger partial charge in [-0.3, -0.25) is 4.79 Å². The van der Waals surface area contributed by atoms with Crippen LogP contribution in [0.15, 0.2) is 28.7 Å². The van der Waals surface area contributed by atoms with E-state index in [4.69, 9.17) is 5.11 Å². The van der Waals surface area contributed by atoms with E-state index in [9.17, 15) is 9.90 Å². The van der Waals surface area contributed by atoms with Crippen LogP contribution in [0.1, 0.15) is 18.4 Å². The van der Waals surface area contributed by atoms with Gasteiger partial charge in [-0.05, 0) is 30.5 Å². The maximum atomic E-state index is 10.6. The van der Waals surface area contributed by atoms with Crippen LogP contribution in [-0.2, 0) is 11.2 Å². The highest BCUT2D eigenvalue weighted by molar-refractivity contribution is 9.10. The van der Waals surface area contributed by atoms with Gasteiger partial charge in [-0.1, -0.05) is 28.1 Å². The first-order valence-electron chi connectivity index (χ1n) is 5.18. The van der Waals surface area contributed by atoms with E-state index >= 15 is 0 Å². The molecule has 0 atom stereocenters. The average molecular weight is 285 g/mol.